The van der Waals surface area contributed by atoms with Crippen LogP contribution in [0.5, 0.6) is 0 Å². The van der Waals surface area contributed by atoms with Crippen molar-refractivity contribution >= 4 is 5.91 Å². The van der Waals surface area contributed by atoms with Crippen molar-refractivity contribution in [3.63, 3.8) is 0 Å². The van der Waals surface area contributed by atoms with Crippen LogP contribution in [0.2, 0.25) is 0 Å². The van der Waals surface area contributed by atoms with Gasteiger partial charge in [0.15, 0.2) is 0 Å². The Labute approximate surface area is 115 Å². The largest absolute Gasteiger partial charge is 0.351 e. The van der Waals surface area contributed by atoms with Crippen molar-refractivity contribution < 1.29 is 4.79 Å². The highest BCUT2D eigenvalue weighted by Gasteiger charge is 2.30. The lowest BCUT2D eigenvalue weighted by Crippen LogP contribution is -2.34. The minimum absolute atomic E-state index is 0.0109. The van der Waals surface area contributed by atoms with Crippen LogP contribution in [0.4, 0.5) is 0 Å². The van der Waals surface area contributed by atoms with Crippen molar-refractivity contribution in [2.24, 2.45) is 11.3 Å². The number of nitrogens with one attached hydrogen (secondary N) is 1. The Kier molecular flexibility index (Phi) is 4.08. The van der Waals surface area contributed by atoms with Gasteiger partial charge in [-0.05, 0) is 42.7 Å². The first-order valence-corrected chi connectivity index (χ1v) is 6.99. The summed E-state index contributed by atoms with van der Waals surface area (Å²) < 4.78 is 0. The highest BCUT2D eigenvalue weighted by atomic mass is 16.1. The Balaban J connectivity index is 1.91. The first kappa shape index (κ1) is 13.9. The SMILES string of the molecule is C=C1CCC(C)(C)CC1CNC(=O)c1ccccc1. The van der Waals surface area contributed by atoms with Gasteiger partial charge >= 0.3 is 0 Å². The Morgan fingerprint density at radius 2 is 2.05 bits per heavy atom. The third kappa shape index (κ3) is 3.69. The molecule has 1 saturated carbocycles. The van der Waals surface area contributed by atoms with Gasteiger partial charge in [0, 0.05) is 12.1 Å². The average Bonchev–Trinajstić information content (AvgIpc) is 2.40. The summed E-state index contributed by atoms with van der Waals surface area (Å²) in [7, 11) is 0. The van der Waals surface area contributed by atoms with E-state index in [0.29, 0.717) is 17.9 Å². The van der Waals surface area contributed by atoms with Crippen molar-refractivity contribution in [1.29, 1.82) is 0 Å². The van der Waals surface area contributed by atoms with Crippen LogP contribution >= 0.6 is 0 Å². The molecule has 1 N–H and O–H groups in total. The first-order chi connectivity index (χ1) is 8.98. The van der Waals surface area contributed by atoms with E-state index in [-0.39, 0.29) is 5.91 Å². The smallest absolute Gasteiger partial charge is 0.251 e. The zero-order valence-corrected chi connectivity index (χ0v) is 11.9. The molecule has 2 heteroatoms. The number of hydrogen-bond acceptors (Lipinski definition) is 1. The van der Waals surface area contributed by atoms with Gasteiger partial charge in [-0.2, -0.15) is 0 Å². The van der Waals surface area contributed by atoms with Gasteiger partial charge in [0.25, 0.3) is 5.91 Å². The summed E-state index contributed by atoms with van der Waals surface area (Å²) in [6.07, 6.45) is 3.40. The van der Waals surface area contributed by atoms with Gasteiger partial charge < -0.3 is 5.32 Å². The van der Waals surface area contributed by atoms with Crippen LogP contribution in [0.3, 0.4) is 0 Å². The van der Waals surface area contributed by atoms with E-state index < -0.39 is 0 Å². The highest BCUT2D eigenvalue weighted by Crippen LogP contribution is 2.40. The predicted octanol–water partition coefficient (Wildman–Crippen LogP) is 3.80. The van der Waals surface area contributed by atoms with Crippen molar-refractivity contribution in [3.8, 4) is 0 Å². The molecule has 2 rings (SSSR count). The average molecular weight is 257 g/mol. The van der Waals surface area contributed by atoms with Crippen LogP contribution < -0.4 is 5.32 Å². The van der Waals surface area contributed by atoms with E-state index in [2.05, 4.69) is 25.7 Å². The molecule has 0 heterocycles. The van der Waals surface area contributed by atoms with Crippen LogP contribution in [0.15, 0.2) is 42.5 Å². The maximum atomic E-state index is 12.0. The number of amides is 1. The van der Waals surface area contributed by atoms with E-state index in [0.717, 1.165) is 18.4 Å². The lowest BCUT2D eigenvalue weighted by atomic mass is 9.70. The lowest BCUT2D eigenvalue weighted by molar-refractivity contribution is 0.0941. The van der Waals surface area contributed by atoms with Gasteiger partial charge in [0.1, 0.15) is 0 Å². The van der Waals surface area contributed by atoms with Crippen LogP contribution in [0.25, 0.3) is 0 Å². The van der Waals surface area contributed by atoms with Crippen molar-refractivity contribution in [2.45, 2.75) is 33.1 Å². The summed E-state index contributed by atoms with van der Waals surface area (Å²) in [5.41, 5.74) is 2.37. The third-order valence-electron chi connectivity index (χ3n) is 4.04. The molecular weight excluding hydrogens is 234 g/mol. The first-order valence-electron chi connectivity index (χ1n) is 6.99. The van der Waals surface area contributed by atoms with E-state index in [1.54, 1.807) is 0 Å². The fourth-order valence-corrected chi connectivity index (χ4v) is 2.74. The maximum Gasteiger partial charge on any atom is 0.251 e. The maximum absolute atomic E-state index is 12.0. The normalized spacial score (nSPS) is 22.0. The summed E-state index contributed by atoms with van der Waals surface area (Å²) in [6, 6.07) is 9.38. The van der Waals surface area contributed by atoms with Crippen LogP contribution in [-0.4, -0.2) is 12.5 Å². The minimum Gasteiger partial charge on any atom is -0.351 e. The molecule has 19 heavy (non-hydrogen) atoms. The number of carbonyl (C=O) groups excluding carboxylic acids is 1. The quantitative estimate of drug-likeness (QED) is 0.820. The number of carbonyl (C=O) groups is 1. The Hall–Kier alpha value is -1.57. The molecule has 1 aliphatic carbocycles. The van der Waals surface area contributed by atoms with Crippen molar-refractivity contribution in [3.05, 3.63) is 48.0 Å². The molecule has 1 aromatic rings. The van der Waals surface area contributed by atoms with Crippen molar-refractivity contribution in [1.82, 2.24) is 5.32 Å². The molecule has 1 aliphatic rings. The fourth-order valence-electron chi connectivity index (χ4n) is 2.74. The highest BCUT2D eigenvalue weighted by molar-refractivity contribution is 5.94. The van der Waals surface area contributed by atoms with Crippen LogP contribution in [0.1, 0.15) is 43.5 Å². The second-order valence-electron chi connectivity index (χ2n) is 6.30. The number of benzene rings is 1. The van der Waals surface area contributed by atoms with Crippen molar-refractivity contribution in [2.75, 3.05) is 6.54 Å². The summed E-state index contributed by atoms with van der Waals surface area (Å²) in [4.78, 5) is 12.0. The molecule has 1 fully saturated rings. The molecule has 0 saturated heterocycles. The molecule has 1 aromatic carbocycles. The van der Waals surface area contributed by atoms with Gasteiger partial charge in [-0.1, -0.05) is 44.2 Å². The van der Waals surface area contributed by atoms with E-state index in [1.165, 1.54) is 12.0 Å². The van der Waals surface area contributed by atoms with E-state index in [4.69, 9.17) is 0 Å². The molecular formula is C17H23NO. The minimum atomic E-state index is 0.0109. The van der Waals surface area contributed by atoms with Gasteiger partial charge in [-0.25, -0.2) is 0 Å². The fraction of sp³-hybridized carbons (Fsp3) is 0.471. The monoisotopic (exact) mass is 257 g/mol. The van der Waals surface area contributed by atoms with E-state index in [9.17, 15) is 4.79 Å². The zero-order chi connectivity index (χ0) is 13.9. The number of rotatable bonds is 3. The zero-order valence-electron chi connectivity index (χ0n) is 11.9. The van der Waals surface area contributed by atoms with Gasteiger partial charge in [-0.15, -0.1) is 0 Å². The lowest BCUT2D eigenvalue weighted by Gasteiger charge is -2.36. The Morgan fingerprint density at radius 3 is 2.74 bits per heavy atom. The summed E-state index contributed by atoms with van der Waals surface area (Å²) >= 11 is 0. The molecule has 2 nitrogen and oxygen atoms in total. The van der Waals surface area contributed by atoms with Crippen LogP contribution in [-0.2, 0) is 0 Å². The topological polar surface area (TPSA) is 29.1 Å². The summed E-state index contributed by atoms with van der Waals surface area (Å²) in [5.74, 6) is 0.424. The second-order valence-corrected chi connectivity index (χ2v) is 6.30. The molecule has 0 aromatic heterocycles. The molecule has 1 unspecified atom stereocenters. The Bertz CT molecular complexity index is 461. The van der Waals surface area contributed by atoms with Gasteiger partial charge in [0.05, 0.1) is 0 Å². The molecule has 0 spiro atoms. The third-order valence-corrected chi connectivity index (χ3v) is 4.04. The molecule has 0 radical (unpaired) electrons. The second kappa shape index (κ2) is 5.60. The van der Waals surface area contributed by atoms with Gasteiger partial charge in [0.2, 0.25) is 0 Å². The molecule has 1 atom stereocenters. The van der Waals surface area contributed by atoms with E-state index >= 15 is 0 Å². The van der Waals surface area contributed by atoms with E-state index in [1.807, 2.05) is 30.3 Å². The predicted molar refractivity (Wildman–Crippen MR) is 79.0 cm³/mol. The molecule has 0 bridgehead atoms. The standard InChI is InChI=1S/C17H23NO/c1-13-9-10-17(2,3)11-15(13)12-18-16(19)14-7-5-4-6-8-14/h4-8,15H,1,9-12H2,2-3H3,(H,18,19). The van der Waals surface area contributed by atoms with Crippen LogP contribution in [0, 0.1) is 11.3 Å². The Morgan fingerprint density at radius 1 is 1.37 bits per heavy atom. The molecule has 102 valence electrons. The van der Waals surface area contributed by atoms with Gasteiger partial charge in [-0.3, -0.25) is 4.79 Å². The molecule has 1 amide bonds. The number of hydrogen-bond donors (Lipinski definition) is 1. The summed E-state index contributed by atoms with van der Waals surface area (Å²) in [6.45, 7) is 9.46. The molecule has 0 aliphatic heterocycles. The summed E-state index contributed by atoms with van der Waals surface area (Å²) in [5, 5.41) is 3.04.